The summed E-state index contributed by atoms with van der Waals surface area (Å²) in [5.41, 5.74) is 5.60. The summed E-state index contributed by atoms with van der Waals surface area (Å²) in [6.07, 6.45) is 10.1. The lowest BCUT2D eigenvalue weighted by Gasteiger charge is -2.46. The second kappa shape index (κ2) is 8.73. The van der Waals surface area contributed by atoms with E-state index in [4.69, 9.17) is 16.3 Å². The fourth-order valence-electron chi connectivity index (χ4n) is 5.74. The third-order valence-electron chi connectivity index (χ3n) is 7.61. The fraction of sp³-hybridized carbons (Fsp3) is 0.393. The van der Waals surface area contributed by atoms with Gasteiger partial charge in [-0.2, -0.15) is 5.10 Å². The van der Waals surface area contributed by atoms with Crippen molar-refractivity contribution >= 4 is 17.7 Å². The number of aromatic nitrogens is 2. The molecule has 0 amide bonds. The van der Waals surface area contributed by atoms with E-state index in [1.54, 1.807) is 12.1 Å². The molecule has 0 bridgehead atoms. The standard InChI is InChI=1S/C28H30ClFN2O/c1-3-15-33-28(13-11-20-5-4-6-23(29)16-20)14-12-22-17-26-21(18-27(22,28)2)19-31-32(26)25-9-7-24(30)8-10-25/h4-10,16-17,19H,3,11-15,18H2,1-2H3. The fourth-order valence-corrected chi connectivity index (χ4v) is 5.96. The first-order chi connectivity index (χ1) is 15.9. The smallest absolute Gasteiger partial charge is 0.123 e. The molecule has 2 aromatic carbocycles. The maximum absolute atomic E-state index is 13.4. The molecule has 1 heterocycles. The van der Waals surface area contributed by atoms with Crippen molar-refractivity contribution in [3.63, 3.8) is 0 Å². The van der Waals surface area contributed by atoms with Gasteiger partial charge in [0.05, 0.1) is 23.2 Å². The van der Waals surface area contributed by atoms with Gasteiger partial charge in [-0.15, -0.1) is 0 Å². The SMILES string of the molecule is CCCOC1(CCc2cccc(Cl)c2)CCC2=Cc3c(cnn3-c3ccc(F)cc3)CC21C. The lowest BCUT2D eigenvalue weighted by Crippen LogP contribution is -2.48. The van der Waals surface area contributed by atoms with Gasteiger partial charge in [0.1, 0.15) is 5.82 Å². The number of rotatable bonds is 7. The molecule has 5 rings (SSSR count). The van der Waals surface area contributed by atoms with E-state index in [2.05, 4.69) is 37.2 Å². The molecule has 1 fully saturated rings. The third-order valence-corrected chi connectivity index (χ3v) is 7.85. The van der Waals surface area contributed by atoms with Crippen LogP contribution in [0.2, 0.25) is 5.02 Å². The summed E-state index contributed by atoms with van der Waals surface area (Å²) in [7, 11) is 0. The zero-order valence-electron chi connectivity index (χ0n) is 19.3. The predicted octanol–water partition coefficient (Wildman–Crippen LogP) is 7.20. The van der Waals surface area contributed by atoms with Crippen molar-refractivity contribution in [2.45, 2.75) is 58.0 Å². The quantitative estimate of drug-likeness (QED) is 0.369. The van der Waals surface area contributed by atoms with Crippen LogP contribution in [-0.2, 0) is 17.6 Å². The Hall–Kier alpha value is -2.43. The number of aryl methyl sites for hydroxylation is 1. The number of hydrogen-bond donors (Lipinski definition) is 0. The van der Waals surface area contributed by atoms with Gasteiger partial charge in [-0.05, 0) is 92.1 Å². The van der Waals surface area contributed by atoms with Gasteiger partial charge >= 0.3 is 0 Å². The van der Waals surface area contributed by atoms with E-state index in [0.717, 1.165) is 61.5 Å². The van der Waals surface area contributed by atoms with E-state index >= 15 is 0 Å². The topological polar surface area (TPSA) is 27.1 Å². The highest BCUT2D eigenvalue weighted by atomic mass is 35.5. The zero-order valence-corrected chi connectivity index (χ0v) is 20.0. The Morgan fingerprint density at radius 2 is 2.00 bits per heavy atom. The van der Waals surface area contributed by atoms with Crippen LogP contribution in [-0.4, -0.2) is 22.0 Å². The van der Waals surface area contributed by atoms with E-state index < -0.39 is 0 Å². The molecule has 1 saturated carbocycles. The van der Waals surface area contributed by atoms with Gasteiger partial charge < -0.3 is 4.74 Å². The van der Waals surface area contributed by atoms with Gasteiger partial charge in [0.25, 0.3) is 0 Å². The van der Waals surface area contributed by atoms with E-state index in [-0.39, 0.29) is 16.8 Å². The molecule has 2 atom stereocenters. The van der Waals surface area contributed by atoms with Crippen molar-refractivity contribution < 1.29 is 9.13 Å². The van der Waals surface area contributed by atoms with Crippen molar-refractivity contribution in [3.8, 4) is 5.69 Å². The van der Waals surface area contributed by atoms with Crippen LogP contribution in [0.1, 0.15) is 56.4 Å². The molecule has 1 aromatic heterocycles. The molecular weight excluding hydrogens is 435 g/mol. The maximum atomic E-state index is 13.4. The van der Waals surface area contributed by atoms with Gasteiger partial charge in [0, 0.05) is 17.0 Å². The molecule has 3 aromatic rings. The average Bonchev–Trinajstić information content (AvgIpc) is 3.33. The van der Waals surface area contributed by atoms with Gasteiger partial charge in [-0.3, -0.25) is 0 Å². The molecule has 0 N–H and O–H groups in total. The molecule has 2 aliphatic carbocycles. The van der Waals surface area contributed by atoms with Crippen LogP contribution in [0.25, 0.3) is 11.8 Å². The monoisotopic (exact) mass is 464 g/mol. The second-order valence-electron chi connectivity index (χ2n) is 9.59. The van der Waals surface area contributed by atoms with Gasteiger partial charge in [0.2, 0.25) is 0 Å². The highest BCUT2D eigenvalue weighted by Gasteiger charge is 2.56. The summed E-state index contributed by atoms with van der Waals surface area (Å²) >= 11 is 6.24. The number of benzene rings is 2. The minimum absolute atomic E-state index is 0.0790. The Morgan fingerprint density at radius 1 is 1.18 bits per heavy atom. The third kappa shape index (κ3) is 3.94. The Labute approximate surface area is 200 Å². The number of fused-ring (bicyclic) bond motifs is 2. The molecule has 3 nitrogen and oxygen atoms in total. The Morgan fingerprint density at radius 3 is 2.76 bits per heavy atom. The van der Waals surface area contributed by atoms with Crippen LogP contribution in [0.5, 0.6) is 0 Å². The van der Waals surface area contributed by atoms with Crippen LogP contribution in [0.3, 0.4) is 0 Å². The molecule has 2 unspecified atom stereocenters. The lowest BCUT2D eigenvalue weighted by atomic mass is 9.65. The van der Waals surface area contributed by atoms with Crippen LogP contribution in [0.15, 0.2) is 60.3 Å². The normalized spacial score (nSPS) is 23.8. The van der Waals surface area contributed by atoms with Crippen LogP contribution >= 0.6 is 11.6 Å². The van der Waals surface area contributed by atoms with E-state index in [9.17, 15) is 4.39 Å². The van der Waals surface area contributed by atoms with Crippen molar-refractivity contribution in [2.75, 3.05) is 6.61 Å². The highest BCUT2D eigenvalue weighted by Crippen LogP contribution is 2.58. The van der Waals surface area contributed by atoms with Crippen LogP contribution in [0, 0.1) is 11.2 Å². The number of halogens is 2. The van der Waals surface area contributed by atoms with E-state index in [1.165, 1.54) is 28.8 Å². The molecule has 0 radical (unpaired) electrons. The Bertz CT molecular complexity index is 1180. The number of hydrogen-bond acceptors (Lipinski definition) is 2. The summed E-state index contributed by atoms with van der Waals surface area (Å²) < 4.78 is 22.1. The molecule has 0 aliphatic heterocycles. The summed E-state index contributed by atoms with van der Waals surface area (Å²) in [4.78, 5) is 0. The Balaban J connectivity index is 1.48. The summed E-state index contributed by atoms with van der Waals surface area (Å²) in [5.74, 6) is -0.237. The summed E-state index contributed by atoms with van der Waals surface area (Å²) in [6.45, 7) is 5.31. The minimum atomic E-state index is -0.237. The van der Waals surface area contributed by atoms with Crippen molar-refractivity contribution in [2.24, 2.45) is 5.41 Å². The minimum Gasteiger partial charge on any atom is -0.374 e. The highest BCUT2D eigenvalue weighted by molar-refractivity contribution is 6.30. The molecule has 0 spiro atoms. The molecule has 172 valence electrons. The lowest BCUT2D eigenvalue weighted by molar-refractivity contribution is -0.108. The van der Waals surface area contributed by atoms with Crippen LogP contribution in [0.4, 0.5) is 4.39 Å². The van der Waals surface area contributed by atoms with Gasteiger partial charge in [-0.1, -0.05) is 43.2 Å². The van der Waals surface area contributed by atoms with Gasteiger partial charge in [0.15, 0.2) is 0 Å². The molecule has 2 aliphatic rings. The molecule has 5 heteroatoms. The first-order valence-electron chi connectivity index (χ1n) is 11.9. The van der Waals surface area contributed by atoms with Gasteiger partial charge in [-0.25, -0.2) is 9.07 Å². The molecule has 33 heavy (non-hydrogen) atoms. The van der Waals surface area contributed by atoms with Crippen molar-refractivity contribution in [1.29, 1.82) is 0 Å². The number of ether oxygens (including phenoxy) is 1. The number of nitrogens with zero attached hydrogens (tertiary/aromatic N) is 2. The van der Waals surface area contributed by atoms with Crippen molar-refractivity contribution in [1.82, 2.24) is 9.78 Å². The Kier molecular flexibility index (Phi) is 5.92. The zero-order chi connectivity index (χ0) is 23.1. The van der Waals surface area contributed by atoms with Crippen molar-refractivity contribution in [3.05, 3.63) is 88.0 Å². The molecular formula is C28H30ClFN2O. The first kappa shape index (κ1) is 22.4. The predicted molar refractivity (Wildman–Crippen MR) is 131 cm³/mol. The maximum Gasteiger partial charge on any atom is 0.123 e. The first-order valence-corrected chi connectivity index (χ1v) is 12.2. The summed E-state index contributed by atoms with van der Waals surface area (Å²) in [6, 6.07) is 14.7. The molecule has 0 saturated heterocycles. The van der Waals surface area contributed by atoms with Crippen LogP contribution < -0.4 is 0 Å². The summed E-state index contributed by atoms with van der Waals surface area (Å²) in [5, 5.41) is 5.45. The largest absolute Gasteiger partial charge is 0.374 e. The average molecular weight is 465 g/mol. The van der Waals surface area contributed by atoms with E-state index in [1.807, 2.05) is 23.0 Å². The van der Waals surface area contributed by atoms with E-state index in [0.29, 0.717) is 0 Å². The second-order valence-corrected chi connectivity index (χ2v) is 10.0.